The molecule has 2 amide bonds. The van der Waals surface area contributed by atoms with Crippen LogP contribution in [0.4, 0.5) is 0 Å². The van der Waals surface area contributed by atoms with Gasteiger partial charge in [0.2, 0.25) is 5.91 Å². The second-order valence-electron chi connectivity index (χ2n) is 8.38. The van der Waals surface area contributed by atoms with Crippen molar-refractivity contribution in [2.45, 2.75) is 51.1 Å². The number of nitrogens with zero attached hydrogens (tertiary/aromatic N) is 1. The summed E-state index contributed by atoms with van der Waals surface area (Å²) in [6, 6.07) is 15.0. The number of hydrogen-bond acceptors (Lipinski definition) is 3. The molecule has 1 aliphatic carbocycles. The van der Waals surface area contributed by atoms with Gasteiger partial charge in [0.25, 0.3) is 5.91 Å². The van der Waals surface area contributed by atoms with Crippen molar-refractivity contribution in [3.8, 4) is 0 Å². The predicted molar refractivity (Wildman–Crippen MR) is 113 cm³/mol. The Morgan fingerprint density at radius 1 is 1.14 bits per heavy atom. The molecule has 0 fully saturated rings. The fraction of sp³-hybridized carbons (Fsp3) is 0.348. The van der Waals surface area contributed by atoms with Crippen molar-refractivity contribution >= 4 is 22.7 Å². The SMILES string of the molecule is CC(NC(=O)c1n[nH]c2ccccc12)C(=O)NC1CCC(C)(C)c2ccccc21. The third kappa shape index (κ3) is 3.62. The molecule has 0 radical (unpaired) electrons. The molecule has 3 N–H and O–H groups in total. The summed E-state index contributed by atoms with van der Waals surface area (Å²) < 4.78 is 0. The highest BCUT2D eigenvalue weighted by atomic mass is 16.2. The van der Waals surface area contributed by atoms with Crippen LogP contribution >= 0.6 is 0 Å². The fourth-order valence-electron chi connectivity index (χ4n) is 4.13. The van der Waals surface area contributed by atoms with Crippen molar-refractivity contribution < 1.29 is 9.59 Å². The second-order valence-corrected chi connectivity index (χ2v) is 8.38. The van der Waals surface area contributed by atoms with Crippen LogP contribution in [0.5, 0.6) is 0 Å². The van der Waals surface area contributed by atoms with Gasteiger partial charge in [0.1, 0.15) is 6.04 Å². The molecule has 29 heavy (non-hydrogen) atoms. The third-order valence-corrected chi connectivity index (χ3v) is 5.87. The van der Waals surface area contributed by atoms with E-state index in [0.717, 1.165) is 29.3 Å². The Morgan fingerprint density at radius 3 is 2.69 bits per heavy atom. The number of benzene rings is 2. The van der Waals surface area contributed by atoms with E-state index in [1.54, 1.807) is 6.92 Å². The quantitative estimate of drug-likeness (QED) is 0.636. The summed E-state index contributed by atoms with van der Waals surface area (Å²) >= 11 is 0. The molecule has 6 nitrogen and oxygen atoms in total. The number of amides is 2. The lowest BCUT2D eigenvalue weighted by Gasteiger charge is -2.37. The van der Waals surface area contributed by atoms with Crippen molar-refractivity contribution in [3.05, 3.63) is 65.4 Å². The molecule has 4 rings (SSSR count). The largest absolute Gasteiger partial charge is 0.348 e. The zero-order valence-corrected chi connectivity index (χ0v) is 17.0. The van der Waals surface area contributed by atoms with Gasteiger partial charge in [0.05, 0.1) is 11.6 Å². The van der Waals surface area contributed by atoms with Gasteiger partial charge in [-0.15, -0.1) is 0 Å². The van der Waals surface area contributed by atoms with Gasteiger partial charge in [-0.05, 0) is 42.4 Å². The molecule has 0 saturated carbocycles. The lowest BCUT2D eigenvalue weighted by atomic mass is 9.71. The highest BCUT2D eigenvalue weighted by Crippen LogP contribution is 2.41. The van der Waals surface area contributed by atoms with Gasteiger partial charge in [-0.1, -0.05) is 56.3 Å². The van der Waals surface area contributed by atoms with Crippen molar-refractivity contribution in [2.75, 3.05) is 0 Å². The number of para-hydroxylation sites is 1. The first kappa shape index (κ1) is 19.2. The predicted octanol–water partition coefficient (Wildman–Crippen LogP) is 3.61. The van der Waals surface area contributed by atoms with Crippen LogP contribution in [-0.2, 0) is 10.2 Å². The van der Waals surface area contributed by atoms with Gasteiger partial charge in [0, 0.05) is 5.39 Å². The number of rotatable bonds is 4. The summed E-state index contributed by atoms with van der Waals surface area (Å²) in [5, 5.41) is 13.6. The number of aromatic nitrogens is 2. The van der Waals surface area contributed by atoms with E-state index in [0.29, 0.717) is 5.69 Å². The number of carbonyl (C=O) groups is 2. The molecule has 2 atom stereocenters. The molecule has 1 heterocycles. The van der Waals surface area contributed by atoms with E-state index < -0.39 is 6.04 Å². The molecular formula is C23H26N4O2. The van der Waals surface area contributed by atoms with E-state index in [1.165, 1.54) is 5.56 Å². The van der Waals surface area contributed by atoms with Crippen LogP contribution in [0.3, 0.4) is 0 Å². The van der Waals surface area contributed by atoms with E-state index in [1.807, 2.05) is 36.4 Å². The zero-order valence-electron chi connectivity index (χ0n) is 17.0. The fourth-order valence-corrected chi connectivity index (χ4v) is 4.13. The summed E-state index contributed by atoms with van der Waals surface area (Å²) in [6.07, 6.45) is 1.87. The summed E-state index contributed by atoms with van der Waals surface area (Å²) in [6.45, 7) is 6.17. The average molecular weight is 390 g/mol. The molecule has 0 saturated heterocycles. The van der Waals surface area contributed by atoms with E-state index in [-0.39, 0.29) is 23.3 Å². The maximum Gasteiger partial charge on any atom is 0.273 e. The van der Waals surface area contributed by atoms with E-state index >= 15 is 0 Å². The minimum Gasteiger partial charge on any atom is -0.348 e. The van der Waals surface area contributed by atoms with Gasteiger partial charge in [0.15, 0.2) is 5.69 Å². The third-order valence-electron chi connectivity index (χ3n) is 5.87. The maximum absolute atomic E-state index is 12.8. The van der Waals surface area contributed by atoms with E-state index in [9.17, 15) is 9.59 Å². The molecule has 0 bridgehead atoms. The number of aromatic amines is 1. The van der Waals surface area contributed by atoms with Gasteiger partial charge in [-0.25, -0.2) is 0 Å². The average Bonchev–Trinajstić information content (AvgIpc) is 3.14. The van der Waals surface area contributed by atoms with Crippen molar-refractivity contribution in [2.24, 2.45) is 0 Å². The molecule has 1 aromatic heterocycles. The monoisotopic (exact) mass is 390 g/mol. The Balaban J connectivity index is 1.46. The zero-order chi connectivity index (χ0) is 20.6. The Bertz CT molecular complexity index is 1070. The van der Waals surface area contributed by atoms with Crippen LogP contribution in [0.25, 0.3) is 10.9 Å². The van der Waals surface area contributed by atoms with E-state index in [2.05, 4.69) is 46.8 Å². The first-order valence-electron chi connectivity index (χ1n) is 10.0. The van der Waals surface area contributed by atoms with Crippen LogP contribution in [0.2, 0.25) is 0 Å². The van der Waals surface area contributed by atoms with Crippen LogP contribution in [0.15, 0.2) is 48.5 Å². The number of fused-ring (bicyclic) bond motifs is 2. The Labute approximate surface area is 170 Å². The van der Waals surface area contributed by atoms with Crippen molar-refractivity contribution in [3.63, 3.8) is 0 Å². The minimum absolute atomic E-state index is 0.0442. The lowest BCUT2D eigenvalue weighted by molar-refractivity contribution is -0.123. The van der Waals surface area contributed by atoms with Gasteiger partial charge in [-0.3, -0.25) is 14.7 Å². The van der Waals surface area contributed by atoms with Gasteiger partial charge < -0.3 is 10.6 Å². The molecule has 0 spiro atoms. The molecule has 6 heteroatoms. The Morgan fingerprint density at radius 2 is 1.86 bits per heavy atom. The molecular weight excluding hydrogens is 364 g/mol. The number of H-pyrrole nitrogens is 1. The van der Waals surface area contributed by atoms with Crippen LogP contribution in [0.1, 0.15) is 61.3 Å². The van der Waals surface area contributed by atoms with Gasteiger partial charge in [-0.2, -0.15) is 5.10 Å². The molecule has 3 aromatic rings. The first-order valence-corrected chi connectivity index (χ1v) is 10.0. The van der Waals surface area contributed by atoms with Crippen LogP contribution in [0, 0.1) is 0 Å². The second kappa shape index (κ2) is 7.35. The summed E-state index contributed by atoms with van der Waals surface area (Å²) in [5.74, 6) is -0.562. The Kier molecular flexibility index (Phi) is 4.86. The highest BCUT2D eigenvalue weighted by Gasteiger charge is 2.33. The Hall–Kier alpha value is -3.15. The highest BCUT2D eigenvalue weighted by molar-refractivity contribution is 6.05. The van der Waals surface area contributed by atoms with Crippen molar-refractivity contribution in [1.82, 2.24) is 20.8 Å². The molecule has 150 valence electrons. The molecule has 1 aliphatic rings. The minimum atomic E-state index is -0.667. The smallest absolute Gasteiger partial charge is 0.273 e. The van der Waals surface area contributed by atoms with Crippen LogP contribution in [-0.4, -0.2) is 28.1 Å². The topological polar surface area (TPSA) is 86.9 Å². The van der Waals surface area contributed by atoms with Gasteiger partial charge >= 0.3 is 0 Å². The van der Waals surface area contributed by atoms with Crippen molar-refractivity contribution in [1.29, 1.82) is 0 Å². The maximum atomic E-state index is 12.8. The molecule has 2 aromatic carbocycles. The first-order chi connectivity index (χ1) is 13.9. The molecule has 2 unspecified atom stereocenters. The van der Waals surface area contributed by atoms with Crippen LogP contribution < -0.4 is 10.6 Å². The number of carbonyl (C=O) groups excluding carboxylic acids is 2. The summed E-state index contributed by atoms with van der Waals surface area (Å²) in [4.78, 5) is 25.4. The summed E-state index contributed by atoms with van der Waals surface area (Å²) in [7, 11) is 0. The molecule has 0 aliphatic heterocycles. The van der Waals surface area contributed by atoms with E-state index in [4.69, 9.17) is 0 Å². The normalized spacial score (nSPS) is 18.7. The lowest BCUT2D eigenvalue weighted by Crippen LogP contribution is -2.47. The standard InChI is InChI=1S/C23H26N4O2/c1-14(24-22(29)20-16-9-5-7-11-19(16)26-27-20)21(28)25-18-12-13-23(2,3)17-10-6-4-8-15(17)18/h4-11,14,18H,12-13H2,1-3H3,(H,24,29)(H,25,28)(H,26,27). The summed E-state index contributed by atoms with van der Waals surface area (Å²) in [5.41, 5.74) is 3.62. The number of nitrogens with one attached hydrogen (secondary N) is 3. The number of hydrogen-bond donors (Lipinski definition) is 3.